The molecule has 0 aliphatic carbocycles. The number of amides is 2. The monoisotopic (exact) mass is 447 g/mol. The van der Waals surface area contributed by atoms with Crippen LogP contribution in [0.25, 0.3) is 0 Å². The number of benzene rings is 1. The molecule has 0 spiro atoms. The second-order valence-corrected chi connectivity index (χ2v) is 8.40. The first-order valence-electron chi connectivity index (χ1n) is 10.7. The van der Waals surface area contributed by atoms with E-state index in [1.807, 2.05) is 18.7 Å². The molecule has 0 atom stereocenters. The quantitative estimate of drug-likeness (QED) is 0.709. The molecule has 2 amide bonds. The van der Waals surface area contributed by atoms with Crippen LogP contribution in [0.15, 0.2) is 22.7 Å². The molecule has 0 unspecified atom stereocenters. The number of carbonyl (C=O) groups excluding carboxylic acids is 2. The molecule has 0 bridgehead atoms. The van der Waals surface area contributed by atoms with Crippen molar-refractivity contribution in [2.45, 2.75) is 46.0 Å². The summed E-state index contributed by atoms with van der Waals surface area (Å²) in [6.45, 7) is 6.08. The summed E-state index contributed by atoms with van der Waals surface area (Å²) in [5.74, 6) is 1.31. The van der Waals surface area contributed by atoms with Gasteiger partial charge in [0.1, 0.15) is 11.5 Å². The summed E-state index contributed by atoms with van der Waals surface area (Å²) >= 11 is 6.10. The van der Waals surface area contributed by atoms with Crippen LogP contribution >= 0.6 is 11.6 Å². The first-order valence-corrected chi connectivity index (χ1v) is 11.1. The van der Waals surface area contributed by atoms with Crippen molar-refractivity contribution >= 4 is 23.4 Å². The lowest BCUT2D eigenvalue weighted by Crippen LogP contribution is -2.34. The lowest BCUT2D eigenvalue weighted by molar-refractivity contribution is -0.131. The number of aryl methyl sites for hydroxylation is 2. The van der Waals surface area contributed by atoms with Crippen molar-refractivity contribution in [3.05, 3.63) is 45.8 Å². The first kappa shape index (κ1) is 23.1. The lowest BCUT2D eigenvalue weighted by atomic mass is 10.1. The van der Waals surface area contributed by atoms with Crippen LogP contribution in [0, 0.1) is 13.8 Å². The second-order valence-electron chi connectivity index (χ2n) is 7.96. The van der Waals surface area contributed by atoms with Gasteiger partial charge in [0, 0.05) is 43.7 Å². The van der Waals surface area contributed by atoms with E-state index < -0.39 is 0 Å². The summed E-state index contributed by atoms with van der Waals surface area (Å²) in [5.41, 5.74) is 2.33. The van der Waals surface area contributed by atoms with Crippen molar-refractivity contribution < 1.29 is 18.8 Å². The number of hydrogen-bond acceptors (Lipinski definition) is 5. The molecule has 0 fully saturated rings. The molecule has 1 aliphatic heterocycles. The fourth-order valence-corrected chi connectivity index (χ4v) is 3.97. The van der Waals surface area contributed by atoms with E-state index in [4.69, 9.17) is 20.9 Å². The fourth-order valence-electron chi connectivity index (χ4n) is 3.80. The molecule has 8 heteroatoms. The highest BCUT2D eigenvalue weighted by Gasteiger charge is 2.20. The summed E-state index contributed by atoms with van der Waals surface area (Å²) in [5, 5.41) is 4.47. The van der Waals surface area contributed by atoms with Crippen molar-refractivity contribution in [3.8, 4) is 5.75 Å². The minimum absolute atomic E-state index is 0.107. The van der Waals surface area contributed by atoms with Gasteiger partial charge in [-0.05, 0) is 57.7 Å². The summed E-state index contributed by atoms with van der Waals surface area (Å²) in [6, 6.07) is 5.10. The van der Waals surface area contributed by atoms with E-state index in [-0.39, 0.29) is 11.8 Å². The number of rotatable bonds is 3. The van der Waals surface area contributed by atoms with Gasteiger partial charge in [0.15, 0.2) is 0 Å². The number of nitrogens with zero attached hydrogens (tertiary/aromatic N) is 3. The average Bonchev–Trinajstić information content (AvgIpc) is 3.07. The summed E-state index contributed by atoms with van der Waals surface area (Å²) in [4.78, 5) is 29.3. The molecule has 0 saturated heterocycles. The van der Waals surface area contributed by atoms with Gasteiger partial charge in [-0.15, -0.1) is 0 Å². The van der Waals surface area contributed by atoms with Crippen LogP contribution in [-0.2, 0) is 11.2 Å². The van der Waals surface area contributed by atoms with Crippen molar-refractivity contribution in [2.75, 3.05) is 33.3 Å². The van der Waals surface area contributed by atoms with Gasteiger partial charge in [-0.1, -0.05) is 16.8 Å². The molecule has 1 aromatic heterocycles. The Morgan fingerprint density at radius 1 is 1.16 bits per heavy atom. The SMILES string of the molecule is Cc1noc(C)c1CCC(=O)N1CCCCN(C)C(=O)c2cc(Cl)ccc2OCCC1. The Morgan fingerprint density at radius 3 is 2.65 bits per heavy atom. The van der Waals surface area contributed by atoms with Gasteiger partial charge in [-0.25, -0.2) is 0 Å². The molecule has 31 heavy (non-hydrogen) atoms. The van der Waals surface area contributed by atoms with Crippen LogP contribution in [0.2, 0.25) is 5.02 Å². The Bertz CT molecular complexity index is 908. The van der Waals surface area contributed by atoms with E-state index in [1.54, 1.807) is 30.1 Å². The first-order chi connectivity index (χ1) is 14.9. The molecule has 3 rings (SSSR count). The Morgan fingerprint density at radius 2 is 1.90 bits per heavy atom. The van der Waals surface area contributed by atoms with E-state index in [0.29, 0.717) is 61.8 Å². The Balaban J connectivity index is 1.65. The summed E-state index contributed by atoms with van der Waals surface area (Å²) in [6.07, 6.45) is 3.37. The third kappa shape index (κ3) is 6.00. The Hall–Kier alpha value is -2.54. The third-order valence-corrected chi connectivity index (χ3v) is 5.88. The van der Waals surface area contributed by atoms with Crippen molar-refractivity contribution in [2.24, 2.45) is 0 Å². The van der Waals surface area contributed by atoms with Gasteiger partial charge in [0.05, 0.1) is 17.9 Å². The molecule has 1 aliphatic rings. The average molecular weight is 448 g/mol. The molecule has 2 aromatic rings. The maximum Gasteiger partial charge on any atom is 0.257 e. The molecular formula is C23H30ClN3O4. The van der Waals surface area contributed by atoms with Gasteiger partial charge >= 0.3 is 0 Å². The molecule has 168 valence electrons. The normalized spacial score (nSPS) is 16.1. The fraction of sp³-hybridized carbons (Fsp3) is 0.522. The number of ether oxygens (including phenoxy) is 1. The van der Waals surface area contributed by atoms with Gasteiger partial charge in [-0.3, -0.25) is 9.59 Å². The molecule has 7 nitrogen and oxygen atoms in total. The lowest BCUT2D eigenvalue weighted by Gasteiger charge is -2.23. The van der Waals surface area contributed by atoms with Gasteiger partial charge < -0.3 is 19.1 Å². The van der Waals surface area contributed by atoms with Gasteiger partial charge in [0.25, 0.3) is 5.91 Å². The minimum Gasteiger partial charge on any atom is -0.493 e. The zero-order chi connectivity index (χ0) is 22.4. The highest BCUT2D eigenvalue weighted by Crippen LogP contribution is 2.25. The largest absolute Gasteiger partial charge is 0.493 e. The van der Waals surface area contributed by atoms with Crippen LogP contribution in [-0.4, -0.2) is 60.1 Å². The van der Waals surface area contributed by atoms with E-state index in [1.165, 1.54) is 0 Å². The predicted octanol–water partition coefficient (Wildman–Crippen LogP) is 4.04. The Labute approximate surface area is 188 Å². The molecule has 1 aromatic carbocycles. The highest BCUT2D eigenvalue weighted by atomic mass is 35.5. The minimum atomic E-state index is -0.107. The molecule has 0 N–H and O–H groups in total. The zero-order valence-corrected chi connectivity index (χ0v) is 19.2. The number of hydrogen-bond donors (Lipinski definition) is 0. The summed E-state index contributed by atoms with van der Waals surface area (Å²) in [7, 11) is 1.78. The number of aromatic nitrogens is 1. The van der Waals surface area contributed by atoms with Crippen molar-refractivity contribution in [1.29, 1.82) is 0 Å². The van der Waals surface area contributed by atoms with Crippen molar-refractivity contribution in [3.63, 3.8) is 0 Å². The molecule has 0 radical (unpaired) electrons. The van der Waals surface area contributed by atoms with Crippen molar-refractivity contribution in [1.82, 2.24) is 15.0 Å². The number of fused-ring (bicyclic) bond motifs is 1. The molecule has 0 saturated carbocycles. The van der Waals surface area contributed by atoms with Crippen LogP contribution in [0.3, 0.4) is 0 Å². The van der Waals surface area contributed by atoms with Crippen LogP contribution in [0.5, 0.6) is 5.75 Å². The van der Waals surface area contributed by atoms with Gasteiger partial charge in [-0.2, -0.15) is 0 Å². The van der Waals surface area contributed by atoms with Crippen LogP contribution < -0.4 is 4.74 Å². The number of halogens is 1. The second kappa shape index (κ2) is 10.7. The maximum atomic E-state index is 12.9. The van der Waals surface area contributed by atoms with Crippen LogP contribution in [0.4, 0.5) is 0 Å². The Kier molecular flexibility index (Phi) is 7.96. The molecular weight excluding hydrogens is 418 g/mol. The third-order valence-electron chi connectivity index (χ3n) is 5.64. The summed E-state index contributed by atoms with van der Waals surface area (Å²) < 4.78 is 11.1. The highest BCUT2D eigenvalue weighted by molar-refractivity contribution is 6.31. The van der Waals surface area contributed by atoms with E-state index in [0.717, 1.165) is 29.9 Å². The van der Waals surface area contributed by atoms with E-state index in [2.05, 4.69) is 5.16 Å². The van der Waals surface area contributed by atoms with E-state index >= 15 is 0 Å². The standard InChI is InChI=1S/C23H30ClN3O4/c1-16-19(17(2)31-25-16)8-10-22(28)27-12-5-4-11-26(3)23(29)20-15-18(24)7-9-21(20)30-14-6-13-27/h7,9,15H,4-6,8,10-14H2,1-3H3. The number of carbonyl (C=O) groups is 2. The van der Waals surface area contributed by atoms with Gasteiger partial charge in [0.2, 0.25) is 5.91 Å². The predicted molar refractivity (Wildman–Crippen MR) is 119 cm³/mol. The van der Waals surface area contributed by atoms with Crippen LogP contribution in [0.1, 0.15) is 53.1 Å². The molecule has 2 heterocycles. The smallest absolute Gasteiger partial charge is 0.257 e. The zero-order valence-electron chi connectivity index (χ0n) is 18.4. The van der Waals surface area contributed by atoms with E-state index in [9.17, 15) is 9.59 Å². The topological polar surface area (TPSA) is 75.9 Å². The maximum absolute atomic E-state index is 12.9.